The van der Waals surface area contributed by atoms with Crippen molar-refractivity contribution in [2.24, 2.45) is 0 Å². The summed E-state index contributed by atoms with van der Waals surface area (Å²) in [6, 6.07) is 1.76. The summed E-state index contributed by atoms with van der Waals surface area (Å²) in [7, 11) is 0. The highest BCUT2D eigenvalue weighted by molar-refractivity contribution is 7.18. The van der Waals surface area contributed by atoms with Crippen LogP contribution >= 0.6 is 11.3 Å². The van der Waals surface area contributed by atoms with Crippen LogP contribution in [0.5, 0.6) is 0 Å². The first-order chi connectivity index (χ1) is 9.08. The van der Waals surface area contributed by atoms with Gasteiger partial charge in [-0.25, -0.2) is 4.79 Å². The fraction of sp³-hybridized carbons (Fsp3) is 0.538. The molecule has 0 spiro atoms. The SMILES string of the molecule is CCCOCC(=O)Nc1cc(C)c(C(=O)OCC)s1. The zero-order valence-corrected chi connectivity index (χ0v) is 12.3. The van der Waals surface area contributed by atoms with Gasteiger partial charge in [0.05, 0.1) is 11.6 Å². The molecule has 5 nitrogen and oxygen atoms in total. The van der Waals surface area contributed by atoms with Crippen LogP contribution in [-0.2, 0) is 14.3 Å². The number of aryl methyl sites for hydroxylation is 1. The van der Waals surface area contributed by atoms with Crippen molar-refractivity contribution in [1.29, 1.82) is 0 Å². The van der Waals surface area contributed by atoms with Crippen molar-refractivity contribution in [3.63, 3.8) is 0 Å². The summed E-state index contributed by atoms with van der Waals surface area (Å²) in [4.78, 5) is 23.7. The highest BCUT2D eigenvalue weighted by Gasteiger charge is 2.15. The minimum absolute atomic E-state index is 0.0273. The van der Waals surface area contributed by atoms with E-state index in [9.17, 15) is 9.59 Å². The zero-order valence-electron chi connectivity index (χ0n) is 11.4. The molecule has 1 aromatic rings. The molecule has 1 aromatic heterocycles. The van der Waals surface area contributed by atoms with Gasteiger partial charge in [0.2, 0.25) is 0 Å². The summed E-state index contributed by atoms with van der Waals surface area (Å²) >= 11 is 1.21. The van der Waals surface area contributed by atoms with Gasteiger partial charge in [0.25, 0.3) is 5.91 Å². The number of carbonyl (C=O) groups is 2. The fourth-order valence-electron chi connectivity index (χ4n) is 1.43. The maximum Gasteiger partial charge on any atom is 0.348 e. The van der Waals surface area contributed by atoms with Crippen molar-refractivity contribution in [2.45, 2.75) is 27.2 Å². The molecular weight excluding hydrogens is 266 g/mol. The molecule has 1 amide bonds. The largest absolute Gasteiger partial charge is 0.462 e. The lowest BCUT2D eigenvalue weighted by Gasteiger charge is -2.02. The third-order valence-electron chi connectivity index (χ3n) is 2.22. The monoisotopic (exact) mass is 285 g/mol. The van der Waals surface area contributed by atoms with Crippen LogP contribution in [0.2, 0.25) is 0 Å². The Labute approximate surface area is 116 Å². The first-order valence-electron chi connectivity index (χ1n) is 6.23. The molecule has 6 heteroatoms. The second kappa shape index (κ2) is 7.91. The minimum Gasteiger partial charge on any atom is -0.462 e. The predicted octanol–water partition coefficient (Wildman–Crippen LogP) is 2.60. The lowest BCUT2D eigenvalue weighted by molar-refractivity contribution is -0.120. The number of esters is 1. The minimum atomic E-state index is -0.354. The normalized spacial score (nSPS) is 10.3. The Morgan fingerprint density at radius 1 is 1.37 bits per heavy atom. The summed E-state index contributed by atoms with van der Waals surface area (Å²) in [5, 5.41) is 3.34. The standard InChI is InChI=1S/C13H19NO4S/c1-4-6-17-8-10(15)14-11-7-9(3)12(19-11)13(16)18-5-2/h7H,4-6,8H2,1-3H3,(H,14,15). The first kappa shape index (κ1) is 15.7. The second-order valence-electron chi connectivity index (χ2n) is 3.94. The molecule has 0 saturated carbocycles. The topological polar surface area (TPSA) is 64.6 Å². The number of hydrogen-bond donors (Lipinski definition) is 1. The molecule has 106 valence electrons. The van der Waals surface area contributed by atoms with Crippen LogP contribution in [0.4, 0.5) is 5.00 Å². The van der Waals surface area contributed by atoms with Crippen LogP contribution in [-0.4, -0.2) is 31.7 Å². The molecule has 0 unspecified atom stereocenters. The second-order valence-corrected chi connectivity index (χ2v) is 5.00. The number of hydrogen-bond acceptors (Lipinski definition) is 5. The lowest BCUT2D eigenvalue weighted by Crippen LogP contribution is -2.17. The zero-order chi connectivity index (χ0) is 14.3. The quantitative estimate of drug-likeness (QED) is 0.618. The lowest BCUT2D eigenvalue weighted by atomic mass is 10.3. The molecule has 0 atom stereocenters. The highest BCUT2D eigenvalue weighted by atomic mass is 32.1. The molecule has 0 aliphatic carbocycles. The molecule has 19 heavy (non-hydrogen) atoms. The molecular formula is C13H19NO4S. The Hall–Kier alpha value is -1.40. The van der Waals surface area contributed by atoms with Crippen molar-refractivity contribution in [1.82, 2.24) is 0 Å². The van der Waals surface area contributed by atoms with Crippen LogP contribution in [0.15, 0.2) is 6.07 Å². The smallest absolute Gasteiger partial charge is 0.348 e. The van der Waals surface area contributed by atoms with Crippen LogP contribution in [0.1, 0.15) is 35.5 Å². The molecule has 0 aromatic carbocycles. The van der Waals surface area contributed by atoms with Gasteiger partial charge >= 0.3 is 5.97 Å². The van der Waals surface area contributed by atoms with Gasteiger partial charge in [-0.2, -0.15) is 0 Å². The van der Waals surface area contributed by atoms with E-state index in [4.69, 9.17) is 9.47 Å². The van der Waals surface area contributed by atoms with Crippen molar-refractivity contribution < 1.29 is 19.1 Å². The van der Waals surface area contributed by atoms with E-state index >= 15 is 0 Å². The van der Waals surface area contributed by atoms with Crippen LogP contribution in [0, 0.1) is 6.92 Å². The van der Waals surface area contributed by atoms with Gasteiger partial charge in [-0.15, -0.1) is 11.3 Å². The van der Waals surface area contributed by atoms with Gasteiger partial charge in [0, 0.05) is 6.61 Å². The number of nitrogens with one attached hydrogen (secondary N) is 1. The van der Waals surface area contributed by atoms with E-state index in [1.165, 1.54) is 11.3 Å². The van der Waals surface area contributed by atoms with E-state index in [0.717, 1.165) is 12.0 Å². The van der Waals surface area contributed by atoms with Gasteiger partial charge < -0.3 is 14.8 Å². The Morgan fingerprint density at radius 3 is 2.74 bits per heavy atom. The number of carbonyl (C=O) groups excluding carboxylic acids is 2. The van der Waals surface area contributed by atoms with E-state index < -0.39 is 0 Å². The van der Waals surface area contributed by atoms with E-state index in [-0.39, 0.29) is 18.5 Å². The van der Waals surface area contributed by atoms with E-state index in [2.05, 4.69) is 5.32 Å². The van der Waals surface area contributed by atoms with E-state index in [0.29, 0.717) is 23.1 Å². The summed E-state index contributed by atoms with van der Waals surface area (Å²) in [5.41, 5.74) is 0.799. The predicted molar refractivity (Wildman–Crippen MR) is 74.8 cm³/mol. The highest BCUT2D eigenvalue weighted by Crippen LogP contribution is 2.27. The maximum absolute atomic E-state index is 11.6. The van der Waals surface area contributed by atoms with Crippen molar-refractivity contribution in [3.8, 4) is 0 Å². The number of ether oxygens (including phenoxy) is 2. The molecule has 0 aliphatic heterocycles. The molecule has 1 heterocycles. The van der Waals surface area contributed by atoms with Crippen molar-refractivity contribution in [2.75, 3.05) is 25.1 Å². The molecule has 0 radical (unpaired) electrons. The summed E-state index contributed by atoms with van der Waals surface area (Å²) < 4.78 is 10.1. The van der Waals surface area contributed by atoms with Gasteiger partial charge in [-0.05, 0) is 31.9 Å². The third kappa shape index (κ3) is 5.00. The Bertz CT molecular complexity index is 442. The van der Waals surface area contributed by atoms with E-state index in [1.807, 2.05) is 13.8 Å². The van der Waals surface area contributed by atoms with Crippen molar-refractivity contribution in [3.05, 3.63) is 16.5 Å². The number of thiophene rings is 1. The Kier molecular flexibility index (Phi) is 6.52. The maximum atomic E-state index is 11.6. The molecule has 0 aliphatic rings. The molecule has 0 saturated heterocycles. The van der Waals surface area contributed by atoms with E-state index in [1.54, 1.807) is 13.0 Å². The Balaban J connectivity index is 2.58. The number of amides is 1. The first-order valence-corrected chi connectivity index (χ1v) is 7.05. The van der Waals surface area contributed by atoms with Gasteiger partial charge in [0.15, 0.2) is 0 Å². The van der Waals surface area contributed by atoms with Crippen LogP contribution < -0.4 is 5.32 Å². The summed E-state index contributed by atoms with van der Waals surface area (Å²) in [5.74, 6) is -0.571. The molecule has 0 fully saturated rings. The average molecular weight is 285 g/mol. The number of rotatable bonds is 7. The third-order valence-corrected chi connectivity index (χ3v) is 3.36. The van der Waals surface area contributed by atoms with Gasteiger partial charge in [-0.3, -0.25) is 4.79 Å². The summed E-state index contributed by atoms with van der Waals surface area (Å²) in [6.45, 7) is 6.47. The fourth-order valence-corrected chi connectivity index (χ4v) is 2.41. The molecule has 0 bridgehead atoms. The van der Waals surface area contributed by atoms with Crippen LogP contribution in [0.3, 0.4) is 0 Å². The summed E-state index contributed by atoms with van der Waals surface area (Å²) in [6.07, 6.45) is 0.873. The van der Waals surface area contributed by atoms with Crippen LogP contribution in [0.25, 0.3) is 0 Å². The molecule has 1 N–H and O–H groups in total. The van der Waals surface area contributed by atoms with Gasteiger partial charge in [-0.1, -0.05) is 6.92 Å². The molecule has 1 rings (SSSR count). The average Bonchev–Trinajstić information content (AvgIpc) is 2.71. The Morgan fingerprint density at radius 2 is 2.11 bits per heavy atom. The van der Waals surface area contributed by atoms with Gasteiger partial charge in [0.1, 0.15) is 11.5 Å². The number of anilines is 1. The van der Waals surface area contributed by atoms with Crippen molar-refractivity contribution >= 4 is 28.2 Å².